The van der Waals surface area contributed by atoms with E-state index in [1.54, 1.807) is 43.5 Å². The van der Waals surface area contributed by atoms with Gasteiger partial charge in [0.15, 0.2) is 5.78 Å². The molecule has 8 heteroatoms. The Labute approximate surface area is 305 Å². The van der Waals surface area contributed by atoms with Crippen molar-refractivity contribution in [1.82, 2.24) is 0 Å². The van der Waals surface area contributed by atoms with Gasteiger partial charge in [0.1, 0.15) is 24.1 Å². The normalized spacial score (nSPS) is 21.6. The highest BCUT2D eigenvalue weighted by atomic mass is 35.5. The van der Waals surface area contributed by atoms with Crippen LogP contribution in [-0.2, 0) is 49.3 Å². The lowest BCUT2D eigenvalue weighted by atomic mass is 9.86. The van der Waals surface area contributed by atoms with Crippen LogP contribution in [-0.4, -0.2) is 43.9 Å². The molecular formula is C43H43ClO7. The molecule has 0 N–H and O–H groups in total. The van der Waals surface area contributed by atoms with Gasteiger partial charge in [-0.3, -0.25) is 4.79 Å². The van der Waals surface area contributed by atoms with Crippen LogP contribution in [0.15, 0.2) is 133 Å². The molecule has 0 spiro atoms. The highest BCUT2D eigenvalue weighted by Crippen LogP contribution is 2.44. The molecule has 1 aliphatic rings. The smallest absolute Gasteiger partial charge is 0.224 e. The molecule has 6 rings (SSSR count). The number of hydrogen-bond donors (Lipinski definition) is 0. The monoisotopic (exact) mass is 706 g/mol. The van der Waals surface area contributed by atoms with Crippen LogP contribution in [0.1, 0.15) is 52.0 Å². The van der Waals surface area contributed by atoms with Crippen LogP contribution >= 0.6 is 11.6 Å². The first-order valence-corrected chi connectivity index (χ1v) is 17.6. The van der Waals surface area contributed by atoms with Gasteiger partial charge in [-0.05, 0) is 66.9 Å². The van der Waals surface area contributed by atoms with Gasteiger partial charge in [-0.25, -0.2) is 0 Å². The van der Waals surface area contributed by atoms with Crippen molar-refractivity contribution in [3.63, 3.8) is 0 Å². The third-order valence-corrected chi connectivity index (χ3v) is 9.34. The second-order valence-corrected chi connectivity index (χ2v) is 12.8. The minimum Gasteiger partial charge on any atom is -0.494 e. The van der Waals surface area contributed by atoms with E-state index < -0.39 is 30.2 Å². The Balaban J connectivity index is 1.41. The van der Waals surface area contributed by atoms with E-state index in [0.29, 0.717) is 47.3 Å². The molecule has 1 saturated heterocycles. The maximum absolute atomic E-state index is 13.9. The van der Waals surface area contributed by atoms with E-state index in [-0.39, 0.29) is 12.4 Å². The van der Waals surface area contributed by atoms with E-state index >= 15 is 0 Å². The fourth-order valence-electron chi connectivity index (χ4n) is 6.43. The molecule has 0 saturated carbocycles. The number of ether oxygens (including phenoxy) is 6. The molecular weight excluding hydrogens is 664 g/mol. The van der Waals surface area contributed by atoms with Gasteiger partial charge < -0.3 is 28.4 Å². The molecule has 0 bridgehead atoms. The zero-order valence-electron chi connectivity index (χ0n) is 29.1. The van der Waals surface area contributed by atoms with Gasteiger partial charge in [0.25, 0.3) is 0 Å². The summed E-state index contributed by atoms with van der Waals surface area (Å²) in [5.74, 6) is -1.08. The predicted octanol–water partition coefficient (Wildman–Crippen LogP) is 8.94. The molecule has 1 aliphatic heterocycles. The van der Waals surface area contributed by atoms with E-state index in [1.165, 1.54) is 0 Å². The number of ketones is 1. The Bertz CT molecular complexity index is 1840. The van der Waals surface area contributed by atoms with Gasteiger partial charge in [0, 0.05) is 23.8 Å². The number of halogens is 1. The average molecular weight is 707 g/mol. The summed E-state index contributed by atoms with van der Waals surface area (Å²) in [6.45, 7) is 5.28. The van der Waals surface area contributed by atoms with E-state index in [1.807, 2.05) is 111 Å². The van der Waals surface area contributed by atoms with E-state index in [2.05, 4.69) is 0 Å². The van der Waals surface area contributed by atoms with Crippen molar-refractivity contribution in [3.8, 4) is 5.75 Å². The van der Waals surface area contributed by atoms with Crippen molar-refractivity contribution in [1.29, 1.82) is 0 Å². The van der Waals surface area contributed by atoms with Crippen LogP contribution in [0.4, 0.5) is 0 Å². The largest absolute Gasteiger partial charge is 0.494 e. The number of methoxy groups -OCH3 is 1. The zero-order chi connectivity index (χ0) is 35.6. The van der Waals surface area contributed by atoms with Gasteiger partial charge >= 0.3 is 0 Å². The Morgan fingerprint density at radius 3 is 1.76 bits per heavy atom. The van der Waals surface area contributed by atoms with Crippen molar-refractivity contribution in [2.24, 2.45) is 0 Å². The van der Waals surface area contributed by atoms with E-state index in [0.717, 1.165) is 16.7 Å². The fourth-order valence-corrected chi connectivity index (χ4v) is 6.64. The second-order valence-electron chi connectivity index (χ2n) is 12.4. The topological polar surface area (TPSA) is 72.5 Å². The number of carbonyl (C=O) groups is 1. The third kappa shape index (κ3) is 8.59. The molecule has 5 aromatic carbocycles. The fraction of sp³-hybridized carbons (Fsp3) is 0.279. The molecule has 0 radical (unpaired) electrons. The predicted molar refractivity (Wildman–Crippen MR) is 197 cm³/mol. The molecule has 0 aliphatic carbocycles. The van der Waals surface area contributed by atoms with E-state index in [9.17, 15) is 4.79 Å². The summed E-state index contributed by atoms with van der Waals surface area (Å²) in [5.41, 5.74) is 4.31. The van der Waals surface area contributed by atoms with Crippen LogP contribution in [0.3, 0.4) is 0 Å². The van der Waals surface area contributed by atoms with Gasteiger partial charge in [0.05, 0.1) is 37.6 Å². The van der Waals surface area contributed by atoms with Crippen molar-refractivity contribution in [2.75, 3.05) is 13.7 Å². The summed E-state index contributed by atoms with van der Waals surface area (Å²) >= 11 is 6.72. The molecule has 0 amide bonds. The third-order valence-electron chi connectivity index (χ3n) is 9.01. The number of benzene rings is 5. The highest BCUT2D eigenvalue weighted by Gasteiger charge is 2.57. The van der Waals surface area contributed by atoms with Crippen LogP contribution in [0.5, 0.6) is 5.75 Å². The summed E-state index contributed by atoms with van der Waals surface area (Å²) in [6, 6.07) is 42.1. The number of hydrogen-bond acceptors (Lipinski definition) is 7. The summed E-state index contributed by atoms with van der Waals surface area (Å²) in [4.78, 5) is 13.9. The molecule has 1 fully saturated rings. The Morgan fingerprint density at radius 2 is 1.24 bits per heavy atom. The Kier molecular flexibility index (Phi) is 12.3. The van der Waals surface area contributed by atoms with Crippen molar-refractivity contribution >= 4 is 17.4 Å². The Morgan fingerprint density at radius 1 is 0.706 bits per heavy atom. The van der Waals surface area contributed by atoms with Gasteiger partial charge in [-0.15, -0.1) is 0 Å². The van der Waals surface area contributed by atoms with Crippen LogP contribution in [0, 0.1) is 0 Å². The van der Waals surface area contributed by atoms with Gasteiger partial charge in [-0.1, -0.05) is 109 Å². The summed E-state index contributed by atoms with van der Waals surface area (Å²) in [6.07, 6.45) is -2.58. The van der Waals surface area contributed by atoms with Crippen LogP contribution in [0.2, 0.25) is 5.02 Å². The number of rotatable bonds is 15. The summed E-state index contributed by atoms with van der Waals surface area (Å²) in [5, 5.41) is 0.301. The van der Waals surface area contributed by atoms with Gasteiger partial charge in [-0.2, -0.15) is 0 Å². The molecule has 1 heterocycles. The first-order valence-electron chi connectivity index (χ1n) is 17.2. The minimum atomic E-state index is -1.51. The summed E-state index contributed by atoms with van der Waals surface area (Å²) < 4.78 is 39.1. The average Bonchev–Trinajstić information content (AvgIpc) is 3.17. The highest BCUT2D eigenvalue weighted by molar-refractivity contribution is 6.35. The quantitative estimate of drug-likeness (QED) is 0.101. The van der Waals surface area contributed by atoms with Gasteiger partial charge in [0.2, 0.25) is 5.79 Å². The van der Waals surface area contributed by atoms with Crippen molar-refractivity contribution in [3.05, 3.63) is 172 Å². The standard InChI is InChI=1S/C43H43ClO7/c1-4-47-36-23-20-34(21-24-36)39(45)37-26-35(22-25-38(37)44)43(46-3)42(50-29-33-18-12-7-13-19-33)41(49-28-32-16-10-6-11-17-32)40(30(2)51-43)48-27-31-14-8-5-9-15-31/h5-26,30,40-42H,4,27-29H2,1-3H3/t30-,40-,41+,42-,43+/m1/s1. The lowest BCUT2D eigenvalue weighted by Gasteiger charge is -2.51. The van der Waals surface area contributed by atoms with Crippen LogP contribution in [0.25, 0.3) is 0 Å². The lowest BCUT2D eigenvalue weighted by molar-refractivity contribution is -0.379. The first kappa shape index (κ1) is 36.5. The zero-order valence-corrected chi connectivity index (χ0v) is 29.8. The molecule has 264 valence electrons. The SMILES string of the molecule is CCOc1ccc(C(=O)c2cc([C@]3(OC)O[C@H](C)[C@@H](OCc4ccccc4)[C@H](OCc4ccccc4)[C@H]3OCc3ccccc3)ccc2Cl)cc1. The number of carbonyl (C=O) groups excluding carboxylic acids is 1. The van der Waals surface area contributed by atoms with Crippen LogP contribution < -0.4 is 4.74 Å². The molecule has 5 atom stereocenters. The maximum Gasteiger partial charge on any atom is 0.224 e. The maximum atomic E-state index is 13.9. The first-order chi connectivity index (χ1) is 24.9. The summed E-state index contributed by atoms with van der Waals surface area (Å²) in [7, 11) is 1.58. The second kappa shape index (κ2) is 17.2. The van der Waals surface area contributed by atoms with Crippen molar-refractivity contribution < 1.29 is 33.2 Å². The van der Waals surface area contributed by atoms with Crippen molar-refractivity contribution in [2.45, 2.75) is 63.9 Å². The van der Waals surface area contributed by atoms with E-state index in [4.69, 9.17) is 40.0 Å². The molecule has 7 nitrogen and oxygen atoms in total. The minimum absolute atomic E-state index is 0.247. The lowest BCUT2D eigenvalue weighted by Crippen LogP contribution is -2.64. The molecule has 0 unspecified atom stereocenters. The molecule has 0 aromatic heterocycles. The molecule has 5 aromatic rings. The molecule has 51 heavy (non-hydrogen) atoms. The Hall–Kier alpha value is -4.34.